The van der Waals surface area contributed by atoms with Gasteiger partial charge in [0.25, 0.3) is 5.56 Å². The van der Waals surface area contributed by atoms with E-state index in [1.807, 2.05) is 60.0 Å². The highest BCUT2D eigenvalue weighted by atomic mass is 19.1. The topological polar surface area (TPSA) is 38.1 Å². The lowest BCUT2D eigenvalue weighted by atomic mass is 9.93. The van der Waals surface area contributed by atoms with Crippen LogP contribution in [0.15, 0.2) is 83.7 Å². The first-order chi connectivity index (χ1) is 16.5. The van der Waals surface area contributed by atoms with Crippen molar-refractivity contribution < 1.29 is 4.39 Å². The molecule has 0 aliphatic carbocycles. The number of aromatic nitrogens is 2. The number of fused-ring (bicyclic) bond motifs is 1. The third-order valence-corrected chi connectivity index (χ3v) is 6.63. The summed E-state index contributed by atoms with van der Waals surface area (Å²) < 4.78 is 15.5. The smallest absolute Gasteiger partial charge is 0.259 e. The molecule has 0 saturated carbocycles. The largest absolute Gasteiger partial charge is 0.294 e. The summed E-state index contributed by atoms with van der Waals surface area (Å²) in [6.45, 7) is 3.96. The van der Waals surface area contributed by atoms with E-state index in [-0.39, 0.29) is 17.4 Å². The minimum Gasteiger partial charge on any atom is -0.294 e. The Labute approximate surface area is 200 Å². The fourth-order valence-corrected chi connectivity index (χ4v) is 4.93. The van der Waals surface area contributed by atoms with Crippen molar-refractivity contribution in [1.82, 2.24) is 14.5 Å². The average Bonchev–Trinajstić information content (AvgIpc) is 2.85. The van der Waals surface area contributed by atoms with E-state index in [9.17, 15) is 9.18 Å². The van der Waals surface area contributed by atoms with Crippen LogP contribution in [0.4, 0.5) is 4.39 Å². The normalized spacial score (nSPS) is 13.7. The Morgan fingerprint density at radius 2 is 1.65 bits per heavy atom. The van der Waals surface area contributed by atoms with Crippen molar-refractivity contribution in [3.05, 3.63) is 129 Å². The Kier molecular flexibility index (Phi) is 6.16. The highest BCUT2D eigenvalue weighted by Gasteiger charge is 2.27. The van der Waals surface area contributed by atoms with E-state index in [2.05, 4.69) is 29.2 Å². The summed E-state index contributed by atoms with van der Waals surface area (Å²) in [5, 5.41) is 0. The fourth-order valence-electron chi connectivity index (χ4n) is 4.93. The Bertz CT molecular complexity index is 1330. The molecule has 0 amide bonds. The minimum absolute atomic E-state index is 0.0141. The molecule has 0 atom stereocenters. The van der Waals surface area contributed by atoms with Crippen LogP contribution in [-0.2, 0) is 19.5 Å². The van der Waals surface area contributed by atoms with Gasteiger partial charge in [-0.3, -0.25) is 14.3 Å². The van der Waals surface area contributed by atoms with Crippen molar-refractivity contribution in [3.63, 3.8) is 0 Å². The van der Waals surface area contributed by atoms with E-state index in [0.717, 1.165) is 46.7 Å². The van der Waals surface area contributed by atoms with Crippen molar-refractivity contribution in [2.45, 2.75) is 32.5 Å². The van der Waals surface area contributed by atoms with Crippen molar-refractivity contribution in [3.8, 4) is 0 Å². The molecule has 0 saturated heterocycles. The molecule has 6 heteroatoms. The fraction of sp³-hybridized carbons (Fsp3) is 0.214. The molecule has 34 heavy (non-hydrogen) atoms. The molecule has 2 heterocycles. The second-order valence-electron chi connectivity index (χ2n) is 9.03. The van der Waals surface area contributed by atoms with Gasteiger partial charge in [0.2, 0.25) is 0 Å². The zero-order valence-electron chi connectivity index (χ0n) is 19.5. The Balaban J connectivity index is 1.54. The summed E-state index contributed by atoms with van der Waals surface area (Å²) in [6.07, 6.45) is 0.730. The van der Waals surface area contributed by atoms with Crippen molar-refractivity contribution in [2.24, 2.45) is 0 Å². The Hall–Kier alpha value is -3.51. The van der Waals surface area contributed by atoms with Gasteiger partial charge in [0.1, 0.15) is 19.5 Å². The lowest BCUT2D eigenvalue weighted by Gasteiger charge is -2.30. The van der Waals surface area contributed by atoms with Gasteiger partial charge in [-0.1, -0.05) is 78.3 Å². The van der Waals surface area contributed by atoms with E-state index in [1.165, 1.54) is 6.07 Å². The molecule has 4 aromatic rings. The predicted molar refractivity (Wildman–Crippen MR) is 136 cm³/mol. The van der Waals surface area contributed by atoms with Gasteiger partial charge in [-0.25, -0.2) is 9.37 Å². The average molecular weight is 451 g/mol. The van der Waals surface area contributed by atoms with Crippen LogP contribution in [0, 0.1) is 12.7 Å². The number of hydrogen-bond acceptors (Lipinski definition) is 3. The Morgan fingerprint density at radius 1 is 1.00 bits per heavy atom. The second kappa shape index (κ2) is 9.39. The quantitative estimate of drug-likeness (QED) is 0.438. The summed E-state index contributed by atoms with van der Waals surface area (Å²) in [5.74, 6) is 0.534. The van der Waals surface area contributed by atoms with E-state index < -0.39 is 0 Å². The maximum atomic E-state index is 14.0. The zero-order chi connectivity index (χ0) is 23.7. The highest BCUT2D eigenvalue weighted by Crippen LogP contribution is 2.27. The summed E-state index contributed by atoms with van der Waals surface area (Å²) in [7, 11) is 1.78. The zero-order valence-corrected chi connectivity index (χ0v) is 19.5. The van der Waals surface area contributed by atoms with Crippen LogP contribution in [0.1, 0.15) is 39.8 Å². The number of aryl methyl sites for hydroxylation is 1. The monoisotopic (exact) mass is 451 g/mol. The third kappa shape index (κ3) is 4.33. The first-order valence-corrected chi connectivity index (χ1v) is 11.7. The van der Waals surface area contributed by atoms with Crippen LogP contribution in [-0.4, -0.2) is 28.8 Å². The highest BCUT2D eigenvalue weighted by molar-refractivity contribution is 6.32. The molecule has 5 rings (SSSR count). The van der Waals surface area contributed by atoms with Crippen LogP contribution in [0.3, 0.4) is 0 Å². The maximum Gasteiger partial charge on any atom is 0.259 e. The lowest BCUT2D eigenvalue weighted by Crippen LogP contribution is -2.40. The number of benzene rings is 3. The van der Waals surface area contributed by atoms with E-state index in [0.29, 0.717) is 18.6 Å². The summed E-state index contributed by atoms with van der Waals surface area (Å²) in [6, 6.07) is 25.2. The molecule has 0 fully saturated rings. The van der Waals surface area contributed by atoms with Gasteiger partial charge in [-0.2, -0.15) is 0 Å². The number of halogens is 1. The third-order valence-electron chi connectivity index (χ3n) is 6.63. The van der Waals surface area contributed by atoms with Gasteiger partial charge in [-0.05, 0) is 29.7 Å². The number of rotatable bonds is 5. The molecule has 1 aliphatic rings. The van der Waals surface area contributed by atoms with Gasteiger partial charge in [0.15, 0.2) is 0 Å². The molecule has 0 N–H and O–H groups in total. The molecule has 4 nitrogen and oxygen atoms in total. The standard InChI is InChI=1S/C28H27BFN3O/c1-19-31-26-14-15-32(17-20-12-13-25(30)24(29)16-20)18-23(26)28(34)33(19)27(21-8-4-2-5-9-21)22-10-6-3-7-11-22/h2-13,16,27H,14-15,17-18,29H2,1H3. The molecule has 0 bridgehead atoms. The van der Waals surface area contributed by atoms with E-state index >= 15 is 0 Å². The first-order valence-electron chi connectivity index (χ1n) is 11.7. The van der Waals surface area contributed by atoms with Gasteiger partial charge in [0, 0.05) is 26.1 Å². The van der Waals surface area contributed by atoms with Crippen LogP contribution >= 0.6 is 0 Å². The second-order valence-corrected chi connectivity index (χ2v) is 9.03. The minimum atomic E-state index is -0.247. The van der Waals surface area contributed by atoms with Crippen molar-refractivity contribution in [2.75, 3.05) is 6.54 Å². The van der Waals surface area contributed by atoms with Gasteiger partial charge in [-0.15, -0.1) is 0 Å². The van der Waals surface area contributed by atoms with Gasteiger partial charge >= 0.3 is 0 Å². The lowest BCUT2D eigenvalue weighted by molar-refractivity contribution is 0.240. The molecule has 1 aliphatic heterocycles. The Morgan fingerprint density at radius 3 is 2.26 bits per heavy atom. The summed E-state index contributed by atoms with van der Waals surface area (Å²) in [4.78, 5) is 21.1. The predicted octanol–water partition coefficient (Wildman–Crippen LogP) is 3.15. The van der Waals surface area contributed by atoms with Crippen LogP contribution in [0.5, 0.6) is 0 Å². The van der Waals surface area contributed by atoms with Crippen molar-refractivity contribution in [1.29, 1.82) is 0 Å². The number of nitrogens with zero attached hydrogens (tertiary/aromatic N) is 3. The summed E-state index contributed by atoms with van der Waals surface area (Å²) in [5.41, 5.74) is 5.46. The van der Waals surface area contributed by atoms with E-state index in [1.54, 1.807) is 7.85 Å². The van der Waals surface area contributed by atoms with Crippen LogP contribution < -0.4 is 11.0 Å². The molecule has 0 unspecified atom stereocenters. The van der Waals surface area contributed by atoms with Crippen molar-refractivity contribution >= 4 is 13.3 Å². The van der Waals surface area contributed by atoms with Crippen LogP contribution in [0.25, 0.3) is 0 Å². The van der Waals surface area contributed by atoms with Crippen LogP contribution in [0.2, 0.25) is 0 Å². The molecule has 170 valence electrons. The van der Waals surface area contributed by atoms with E-state index in [4.69, 9.17) is 4.98 Å². The molecule has 0 radical (unpaired) electrons. The maximum absolute atomic E-state index is 14.0. The molecular weight excluding hydrogens is 424 g/mol. The molecule has 1 aromatic heterocycles. The molecule has 3 aromatic carbocycles. The number of hydrogen-bond donors (Lipinski definition) is 0. The SMILES string of the molecule is Bc1cc(CN2CCc3nc(C)n(C(c4ccccc4)c4ccccc4)c(=O)c3C2)ccc1F. The molecule has 0 spiro atoms. The van der Waals surface area contributed by atoms with Gasteiger partial charge in [0.05, 0.1) is 17.3 Å². The molecular formula is C28H27BFN3O. The van der Waals surface area contributed by atoms with Gasteiger partial charge < -0.3 is 0 Å². The summed E-state index contributed by atoms with van der Waals surface area (Å²) >= 11 is 0. The first kappa shape index (κ1) is 22.3.